The third-order valence-electron chi connectivity index (χ3n) is 2.89. The van der Waals surface area contributed by atoms with Crippen LogP contribution >= 0.6 is 11.6 Å². The van der Waals surface area contributed by atoms with Gasteiger partial charge < -0.3 is 10.1 Å². The van der Waals surface area contributed by atoms with Crippen molar-refractivity contribution in [2.45, 2.75) is 33.0 Å². The highest BCUT2D eigenvalue weighted by atomic mass is 35.5. The zero-order valence-corrected chi connectivity index (χ0v) is 12.5. The number of hydrogen-bond acceptors (Lipinski definition) is 4. The molecule has 0 fully saturated rings. The molecule has 0 aliphatic heterocycles. The lowest BCUT2D eigenvalue weighted by atomic mass is 10.2. The Morgan fingerprint density at radius 3 is 3.00 bits per heavy atom. The summed E-state index contributed by atoms with van der Waals surface area (Å²) in [7, 11) is 1.89. The molecule has 1 heterocycles. The van der Waals surface area contributed by atoms with E-state index in [0.29, 0.717) is 23.9 Å². The van der Waals surface area contributed by atoms with Gasteiger partial charge >= 0.3 is 0 Å². The number of aryl methyl sites for hydroxylation is 1. The Morgan fingerprint density at radius 2 is 2.25 bits per heavy atom. The van der Waals surface area contributed by atoms with E-state index in [-0.39, 0.29) is 0 Å². The number of aromatic nitrogens is 3. The average Bonchev–Trinajstić information content (AvgIpc) is 2.86. The molecule has 0 unspecified atom stereocenters. The molecule has 0 spiro atoms. The van der Waals surface area contributed by atoms with E-state index >= 15 is 0 Å². The van der Waals surface area contributed by atoms with Gasteiger partial charge in [0.2, 0.25) is 0 Å². The van der Waals surface area contributed by atoms with Crippen molar-refractivity contribution >= 4 is 11.6 Å². The van der Waals surface area contributed by atoms with Gasteiger partial charge in [-0.2, -0.15) is 5.10 Å². The highest BCUT2D eigenvalue weighted by Crippen LogP contribution is 2.29. The van der Waals surface area contributed by atoms with Crippen LogP contribution < -0.4 is 10.1 Å². The minimum Gasteiger partial charge on any atom is -0.484 e. The highest BCUT2D eigenvalue weighted by Gasteiger charge is 2.10. The number of rotatable bonds is 7. The van der Waals surface area contributed by atoms with Crippen molar-refractivity contribution in [3.05, 3.63) is 40.9 Å². The van der Waals surface area contributed by atoms with Crippen LogP contribution in [0.1, 0.15) is 24.7 Å². The number of halogens is 1. The second-order valence-corrected chi connectivity index (χ2v) is 4.85. The van der Waals surface area contributed by atoms with E-state index in [1.165, 1.54) is 0 Å². The zero-order chi connectivity index (χ0) is 14.4. The average molecular weight is 295 g/mol. The summed E-state index contributed by atoms with van der Waals surface area (Å²) in [6.07, 6.45) is 2.56. The van der Waals surface area contributed by atoms with Crippen molar-refractivity contribution in [1.82, 2.24) is 20.1 Å². The van der Waals surface area contributed by atoms with Gasteiger partial charge in [-0.15, -0.1) is 0 Å². The Bertz CT molecular complexity index is 556. The van der Waals surface area contributed by atoms with Gasteiger partial charge in [-0.1, -0.05) is 30.7 Å². The van der Waals surface area contributed by atoms with Crippen LogP contribution in [0.3, 0.4) is 0 Å². The third-order valence-corrected chi connectivity index (χ3v) is 3.19. The summed E-state index contributed by atoms with van der Waals surface area (Å²) in [6.45, 7) is 4.01. The van der Waals surface area contributed by atoms with Crippen molar-refractivity contribution in [3.8, 4) is 5.75 Å². The minimum atomic E-state index is 0.362. The molecular formula is C14H19ClN4O. The maximum absolute atomic E-state index is 6.21. The fourth-order valence-corrected chi connectivity index (χ4v) is 2.23. The predicted molar refractivity (Wildman–Crippen MR) is 78.9 cm³/mol. The van der Waals surface area contributed by atoms with Gasteiger partial charge in [0.05, 0.1) is 5.02 Å². The molecule has 0 aliphatic carbocycles. The molecule has 0 saturated heterocycles. The van der Waals surface area contributed by atoms with Gasteiger partial charge in [0.15, 0.2) is 5.82 Å². The van der Waals surface area contributed by atoms with Gasteiger partial charge in [0, 0.05) is 18.7 Å². The Labute approximate surface area is 123 Å². The smallest absolute Gasteiger partial charge is 0.164 e. The predicted octanol–water partition coefficient (Wildman–Crippen LogP) is 2.64. The lowest BCUT2D eigenvalue weighted by Crippen LogP contribution is -2.11. The molecule has 0 bridgehead atoms. The molecule has 1 aromatic carbocycles. The number of hydrogen-bond donors (Lipinski definition) is 1. The van der Waals surface area contributed by atoms with Gasteiger partial charge in [-0.05, 0) is 19.5 Å². The lowest BCUT2D eigenvalue weighted by Gasteiger charge is -2.13. The Kier molecular flexibility index (Phi) is 5.38. The summed E-state index contributed by atoms with van der Waals surface area (Å²) < 4.78 is 7.71. The van der Waals surface area contributed by atoms with Crippen molar-refractivity contribution < 1.29 is 4.74 Å². The number of benzene rings is 1. The molecule has 0 atom stereocenters. The molecule has 0 radical (unpaired) electrons. The van der Waals surface area contributed by atoms with E-state index in [2.05, 4.69) is 22.3 Å². The Balaban J connectivity index is 2.12. The van der Waals surface area contributed by atoms with E-state index in [0.717, 1.165) is 24.4 Å². The number of nitrogens with one attached hydrogen (secondary N) is 1. The number of ether oxygens (including phenoxy) is 1. The van der Waals surface area contributed by atoms with Crippen LogP contribution in [0.15, 0.2) is 24.5 Å². The molecule has 1 N–H and O–H groups in total. The van der Waals surface area contributed by atoms with Crippen LogP contribution in [0.5, 0.6) is 5.75 Å². The van der Waals surface area contributed by atoms with Crippen molar-refractivity contribution in [2.75, 3.05) is 7.05 Å². The topological polar surface area (TPSA) is 52.0 Å². The van der Waals surface area contributed by atoms with E-state index in [9.17, 15) is 0 Å². The van der Waals surface area contributed by atoms with Gasteiger partial charge in [-0.25, -0.2) is 9.67 Å². The minimum absolute atomic E-state index is 0.362. The first kappa shape index (κ1) is 14.8. The molecule has 0 saturated carbocycles. The second-order valence-electron chi connectivity index (χ2n) is 4.45. The Hall–Kier alpha value is -1.59. The summed E-state index contributed by atoms with van der Waals surface area (Å²) in [5.74, 6) is 1.51. The maximum atomic E-state index is 6.21. The van der Waals surface area contributed by atoms with Crippen molar-refractivity contribution in [3.63, 3.8) is 0 Å². The first-order valence-electron chi connectivity index (χ1n) is 6.67. The van der Waals surface area contributed by atoms with Crippen LogP contribution in [-0.4, -0.2) is 21.8 Å². The monoisotopic (exact) mass is 294 g/mol. The summed E-state index contributed by atoms with van der Waals surface area (Å²) in [4.78, 5) is 4.22. The molecular weight excluding hydrogens is 276 g/mol. The summed E-state index contributed by atoms with van der Waals surface area (Å²) in [5, 5.41) is 7.89. The highest BCUT2D eigenvalue weighted by molar-refractivity contribution is 6.32. The lowest BCUT2D eigenvalue weighted by molar-refractivity contribution is 0.283. The molecule has 20 heavy (non-hydrogen) atoms. The summed E-state index contributed by atoms with van der Waals surface area (Å²) in [5.41, 5.74) is 1.03. The van der Waals surface area contributed by atoms with Crippen molar-refractivity contribution in [2.24, 2.45) is 0 Å². The van der Waals surface area contributed by atoms with Crippen LogP contribution in [0.25, 0.3) is 0 Å². The molecule has 2 rings (SSSR count). The maximum Gasteiger partial charge on any atom is 0.164 e. The first-order valence-corrected chi connectivity index (χ1v) is 7.05. The first-order chi connectivity index (χ1) is 9.76. The second kappa shape index (κ2) is 7.26. The molecule has 2 aromatic rings. The normalized spacial score (nSPS) is 10.8. The van der Waals surface area contributed by atoms with Crippen LogP contribution in [0.4, 0.5) is 0 Å². The standard InChI is InChI=1S/C14H19ClN4O/c1-3-7-19-13(17-10-18-19)9-20-14-11(8-16-2)5-4-6-12(14)15/h4-6,10,16H,3,7-9H2,1-2H3. The summed E-state index contributed by atoms with van der Waals surface area (Å²) >= 11 is 6.21. The molecule has 108 valence electrons. The zero-order valence-electron chi connectivity index (χ0n) is 11.8. The molecule has 6 heteroatoms. The van der Waals surface area contributed by atoms with E-state index in [4.69, 9.17) is 16.3 Å². The largest absolute Gasteiger partial charge is 0.484 e. The fourth-order valence-electron chi connectivity index (χ4n) is 1.98. The van der Waals surface area contributed by atoms with Crippen LogP contribution in [0, 0.1) is 0 Å². The van der Waals surface area contributed by atoms with Crippen LogP contribution in [-0.2, 0) is 19.7 Å². The van der Waals surface area contributed by atoms with E-state index in [1.54, 1.807) is 6.33 Å². The van der Waals surface area contributed by atoms with Crippen molar-refractivity contribution in [1.29, 1.82) is 0 Å². The molecule has 0 aliphatic rings. The van der Waals surface area contributed by atoms with E-state index in [1.807, 2.05) is 29.9 Å². The quantitative estimate of drug-likeness (QED) is 0.853. The Morgan fingerprint density at radius 1 is 1.40 bits per heavy atom. The third kappa shape index (κ3) is 3.49. The molecule has 0 amide bonds. The number of nitrogens with zero attached hydrogens (tertiary/aromatic N) is 3. The van der Waals surface area contributed by atoms with Gasteiger partial charge in [0.1, 0.15) is 18.7 Å². The van der Waals surface area contributed by atoms with Crippen LogP contribution in [0.2, 0.25) is 5.02 Å². The SMILES string of the molecule is CCCn1ncnc1COc1c(Cl)cccc1CNC. The summed E-state index contributed by atoms with van der Waals surface area (Å²) in [6, 6.07) is 5.74. The van der Waals surface area contributed by atoms with Gasteiger partial charge in [-0.3, -0.25) is 0 Å². The molecule has 1 aromatic heterocycles. The fraction of sp³-hybridized carbons (Fsp3) is 0.429. The molecule has 5 nitrogen and oxygen atoms in total. The van der Waals surface area contributed by atoms with E-state index < -0.39 is 0 Å². The number of para-hydroxylation sites is 1. The van der Waals surface area contributed by atoms with Gasteiger partial charge in [0.25, 0.3) is 0 Å².